The highest BCUT2D eigenvalue weighted by atomic mass is 35.5. The van der Waals surface area contributed by atoms with Gasteiger partial charge < -0.3 is 15.6 Å². The Labute approximate surface area is 136 Å². The van der Waals surface area contributed by atoms with Gasteiger partial charge in [0.1, 0.15) is 0 Å². The second kappa shape index (κ2) is 8.10. The third kappa shape index (κ3) is 4.18. The molecule has 0 aliphatic carbocycles. The Morgan fingerprint density at radius 3 is 2.77 bits per heavy atom. The van der Waals surface area contributed by atoms with E-state index in [1.165, 1.54) is 6.20 Å². The Balaban J connectivity index is 0.00000242. The van der Waals surface area contributed by atoms with Gasteiger partial charge in [0, 0.05) is 18.8 Å². The molecule has 0 aromatic carbocycles. The molecule has 0 aliphatic heterocycles. The molecule has 1 amide bonds. The van der Waals surface area contributed by atoms with Crippen molar-refractivity contribution in [2.75, 3.05) is 6.54 Å². The van der Waals surface area contributed by atoms with Gasteiger partial charge in [-0.2, -0.15) is 0 Å². The molecule has 0 spiro atoms. The summed E-state index contributed by atoms with van der Waals surface area (Å²) in [7, 11) is 0. The first kappa shape index (κ1) is 18.4. The summed E-state index contributed by atoms with van der Waals surface area (Å²) in [4.78, 5) is 16.4. The number of nitrogens with one attached hydrogen (secondary N) is 1. The third-order valence-electron chi connectivity index (χ3n) is 3.38. The van der Waals surface area contributed by atoms with E-state index in [4.69, 9.17) is 10.3 Å². The summed E-state index contributed by atoms with van der Waals surface area (Å²) in [6.07, 6.45) is 3.09. The monoisotopic (exact) mass is 326 g/mol. The van der Waals surface area contributed by atoms with Crippen molar-refractivity contribution in [3.63, 3.8) is 0 Å². The molecule has 2 aromatic heterocycles. The summed E-state index contributed by atoms with van der Waals surface area (Å²) in [6.45, 7) is 6.62. The highest BCUT2D eigenvalue weighted by Gasteiger charge is 2.16. The van der Waals surface area contributed by atoms with E-state index in [0.717, 1.165) is 23.9 Å². The molecular weight excluding hydrogens is 304 g/mol. The lowest BCUT2D eigenvalue weighted by atomic mass is 10.0. The molecule has 2 aromatic rings. The molecule has 1 unspecified atom stereocenters. The van der Waals surface area contributed by atoms with Gasteiger partial charge in [-0.05, 0) is 24.8 Å². The van der Waals surface area contributed by atoms with E-state index in [1.54, 1.807) is 6.07 Å². The Bertz CT molecular complexity index is 627. The van der Waals surface area contributed by atoms with Crippen molar-refractivity contribution in [2.45, 2.75) is 39.7 Å². The summed E-state index contributed by atoms with van der Waals surface area (Å²) in [5.74, 6) is 0.313. The maximum absolute atomic E-state index is 12.3. The molecule has 2 rings (SSSR count). The number of carbonyl (C=O) groups excluding carboxylic acids is 1. The van der Waals surface area contributed by atoms with Crippen molar-refractivity contribution >= 4 is 29.4 Å². The third-order valence-corrected chi connectivity index (χ3v) is 3.38. The van der Waals surface area contributed by atoms with Crippen molar-refractivity contribution in [2.24, 2.45) is 11.7 Å². The van der Waals surface area contributed by atoms with E-state index in [0.29, 0.717) is 23.7 Å². The second-order valence-corrected chi connectivity index (χ2v) is 5.60. The molecule has 0 saturated heterocycles. The average molecular weight is 327 g/mol. The molecule has 1 atom stereocenters. The Hall–Kier alpha value is -1.66. The number of pyridine rings is 1. The van der Waals surface area contributed by atoms with Gasteiger partial charge >= 0.3 is 0 Å². The number of hydrogen-bond donors (Lipinski definition) is 2. The Morgan fingerprint density at radius 1 is 1.45 bits per heavy atom. The molecule has 0 fully saturated rings. The van der Waals surface area contributed by atoms with Crippen LogP contribution in [-0.2, 0) is 6.42 Å². The van der Waals surface area contributed by atoms with Crippen LogP contribution in [0.15, 0.2) is 16.8 Å². The van der Waals surface area contributed by atoms with Crippen molar-refractivity contribution in [1.82, 2.24) is 15.5 Å². The van der Waals surface area contributed by atoms with Gasteiger partial charge in [-0.25, -0.2) is 4.98 Å². The molecule has 0 radical (unpaired) electrons. The van der Waals surface area contributed by atoms with Crippen molar-refractivity contribution in [3.8, 4) is 0 Å². The number of nitrogens with two attached hydrogens (primary N) is 1. The van der Waals surface area contributed by atoms with Gasteiger partial charge in [-0.3, -0.25) is 4.79 Å². The zero-order valence-corrected chi connectivity index (χ0v) is 13.9. The predicted octanol–water partition coefficient (Wildman–Crippen LogP) is 2.31. The Kier molecular flexibility index (Phi) is 6.77. The number of nitrogens with zero attached hydrogens (tertiary/aromatic N) is 2. The van der Waals surface area contributed by atoms with Gasteiger partial charge in [-0.15, -0.1) is 12.4 Å². The minimum Gasteiger partial charge on any atom is -0.348 e. The van der Waals surface area contributed by atoms with Crippen LogP contribution in [0.1, 0.15) is 43.2 Å². The van der Waals surface area contributed by atoms with E-state index in [2.05, 4.69) is 29.3 Å². The molecule has 22 heavy (non-hydrogen) atoms. The van der Waals surface area contributed by atoms with Crippen LogP contribution in [0, 0.1) is 5.92 Å². The standard InChI is InChI=1S/C15H22N4O2.ClH/c1-4-13-12-6-10(8-17-15(12)21-19-13)14(20)18-11(7-16)5-9(2)3;/h6,8-9,11H,4-5,7,16H2,1-3H3,(H,18,20);1H. The second-order valence-electron chi connectivity index (χ2n) is 5.60. The molecule has 0 bridgehead atoms. The lowest BCUT2D eigenvalue weighted by Gasteiger charge is -2.18. The normalized spacial score (nSPS) is 12.2. The number of hydrogen-bond acceptors (Lipinski definition) is 5. The molecule has 122 valence electrons. The number of aryl methyl sites for hydroxylation is 1. The number of rotatable bonds is 6. The molecule has 0 aliphatic rings. The van der Waals surface area contributed by atoms with Crippen molar-refractivity contribution in [3.05, 3.63) is 23.5 Å². The first-order valence-electron chi connectivity index (χ1n) is 7.30. The summed E-state index contributed by atoms with van der Waals surface area (Å²) in [5.41, 5.74) is 7.48. The zero-order valence-electron chi connectivity index (χ0n) is 13.1. The van der Waals surface area contributed by atoms with Gasteiger partial charge in [0.15, 0.2) is 0 Å². The topological polar surface area (TPSA) is 94.0 Å². The fourth-order valence-electron chi connectivity index (χ4n) is 2.31. The van der Waals surface area contributed by atoms with Crippen molar-refractivity contribution < 1.29 is 9.32 Å². The van der Waals surface area contributed by atoms with Crippen LogP contribution < -0.4 is 11.1 Å². The van der Waals surface area contributed by atoms with Crippen LogP contribution >= 0.6 is 12.4 Å². The summed E-state index contributed by atoms with van der Waals surface area (Å²) in [5, 5.41) is 7.69. The molecular formula is C15H23ClN4O2. The van der Waals surface area contributed by atoms with E-state index < -0.39 is 0 Å². The van der Waals surface area contributed by atoms with Crippen LogP contribution in [0.5, 0.6) is 0 Å². The smallest absolute Gasteiger partial charge is 0.257 e. The van der Waals surface area contributed by atoms with E-state index in [-0.39, 0.29) is 24.4 Å². The first-order chi connectivity index (χ1) is 10.0. The predicted molar refractivity (Wildman–Crippen MR) is 88.2 cm³/mol. The van der Waals surface area contributed by atoms with Crippen LogP contribution in [0.4, 0.5) is 0 Å². The molecule has 6 nitrogen and oxygen atoms in total. The minimum atomic E-state index is -0.163. The van der Waals surface area contributed by atoms with Gasteiger partial charge in [0.25, 0.3) is 11.6 Å². The van der Waals surface area contributed by atoms with Crippen LogP contribution in [0.3, 0.4) is 0 Å². The average Bonchev–Trinajstić information content (AvgIpc) is 2.87. The number of amides is 1. The molecule has 7 heteroatoms. The maximum Gasteiger partial charge on any atom is 0.257 e. The lowest BCUT2D eigenvalue weighted by Crippen LogP contribution is -2.41. The Morgan fingerprint density at radius 2 is 2.18 bits per heavy atom. The van der Waals surface area contributed by atoms with Gasteiger partial charge in [-0.1, -0.05) is 25.9 Å². The number of aromatic nitrogens is 2. The summed E-state index contributed by atoms with van der Waals surface area (Å²) >= 11 is 0. The summed E-state index contributed by atoms with van der Waals surface area (Å²) < 4.78 is 5.12. The lowest BCUT2D eigenvalue weighted by molar-refractivity contribution is 0.0933. The largest absolute Gasteiger partial charge is 0.348 e. The number of carbonyl (C=O) groups is 1. The minimum absolute atomic E-state index is 0. The highest BCUT2D eigenvalue weighted by molar-refractivity contribution is 5.97. The van der Waals surface area contributed by atoms with E-state index >= 15 is 0 Å². The SMILES string of the molecule is CCc1noc2ncc(C(=O)NC(CN)CC(C)C)cc12.Cl. The van der Waals surface area contributed by atoms with Gasteiger partial charge in [0.2, 0.25) is 0 Å². The highest BCUT2D eigenvalue weighted by Crippen LogP contribution is 2.18. The fraction of sp³-hybridized carbons (Fsp3) is 0.533. The zero-order chi connectivity index (χ0) is 15.4. The first-order valence-corrected chi connectivity index (χ1v) is 7.30. The number of fused-ring (bicyclic) bond motifs is 1. The molecule has 3 N–H and O–H groups in total. The number of halogens is 1. The van der Waals surface area contributed by atoms with Crippen LogP contribution in [0.2, 0.25) is 0 Å². The van der Waals surface area contributed by atoms with E-state index in [9.17, 15) is 4.79 Å². The van der Waals surface area contributed by atoms with E-state index in [1.807, 2.05) is 6.92 Å². The quantitative estimate of drug-likeness (QED) is 0.849. The molecule has 0 saturated carbocycles. The fourth-order valence-corrected chi connectivity index (χ4v) is 2.31. The maximum atomic E-state index is 12.3. The van der Waals surface area contributed by atoms with Gasteiger partial charge in [0.05, 0.1) is 16.6 Å². The van der Waals surface area contributed by atoms with Crippen molar-refractivity contribution in [1.29, 1.82) is 0 Å². The summed E-state index contributed by atoms with van der Waals surface area (Å²) in [6, 6.07) is 1.75. The molecule has 2 heterocycles. The van der Waals surface area contributed by atoms with Crippen LogP contribution in [0.25, 0.3) is 11.1 Å². The van der Waals surface area contributed by atoms with Crippen LogP contribution in [-0.4, -0.2) is 28.6 Å².